The van der Waals surface area contributed by atoms with E-state index in [9.17, 15) is 14.4 Å². The highest BCUT2D eigenvalue weighted by atomic mass is 16.6. The number of likely N-dealkylation sites (N-methyl/N-ethyl adjacent to an activating group) is 1. The largest absolute Gasteiger partial charge is 0.485 e. The second-order valence-corrected chi connectivity index (χ2v) is 6.45. The molecule has 1 aromatic heterocycles. The zero-order chi connectivity index (χ0) is 20.3. The van der Waals surface area contributed by atoms with Crippen molar-refractivity contribution in [1.82, 2.24) is 9.55 Å². The lowest BCUT2D eigenvalue weighted by Crippen LogP contribution is -2.49. The Kier molecular flexibility index (Phi) is 5.72. The molecule has 28 heavy (non-hydrogen) atoms. The first-order valence-corrected chi connectivity index (χ1v) is 9.30. The van der Waals surface area contributed by atoms with Crippen LogP contribution in [0.2, 0.25) is 0 Å². The summed E-state index contributed by atoms with van der Waals surface area (Å²) >= 11 is 0. The number of nitrogen functional groups attached to an aromatic ring is 1. The molecule has 1 amide bonds. The summed E-state index contributed by atoms with van der Waals surface area (Å²) in [6, 6.07) is 7.04. The number of ether oxygens (including phenoxy) is 2. The maximum Gasteiger partial charge on any atom is 0.330 e. The van der Waals surface area contributed by atoms with Crippen molar-refractivity contribution < 1.29 is 14.3 Å². The molecule has 2 aromatic rings. The highest BCUT2D eigenvalue weighted by molar-refractivity contribution is 5.98. The van der Waals surface area contributed by atoms with Gasteiger partial charge in [0.25, 0.3) is 11.5 Å². The van der Waals surface area contributed by atoms with Crippen LogP contribution in [0.15, 0.2) is 33.9 Å². The third-order valence-corrected chi connectivity index (χ3v) is 4.59. The lowest BCUT2D eigenvalue weighted by molar-refractivity contribution is -0.127. The standard InChI is InChI=1S/C19H24N4O5/c1-3-5-10-23-16(20)15(17(24)21-19(23)26)22(4-2)18(25)14-11-27-12-8-6-7-9-13(12)28-14/h6-9,14H,3-5,10-11,20H2,1-2H3,(H,21,24,26)/t14-/m1/s1. The van der Waals surface area contributed by atoms with E-state index in [-0.39, 0.29) is 24.7 Å². The number of amides is 1. The number of carbonyl (C=O) groups excluding carboxylic acids is 1. The number of anilines is 2. The molecule has 9 nitrogen and oxygen atoms in total. The zero-order valence-corrected chi connectivity index (χ0v) is 15.9. The van der Waals surface area contributed by atoms with E-state index in [0.717, 1.165) is 6.42 Å². The van der Waals surface area contributed by atoms with Crippen molar-refractivity contribution in [1.29, 1.82) is 0 Å². The van der Waals surface area contributed by atoms with Crippen molar-refractivity contribution in [2.75, 3.05) is 23.8 Å². The summed E-state index contributed by atoms with van der Waals surface area (Å²) in [5.74, 6) is 0.516. The quantitative estimate of drug-likeness (QED) is 0.765. The Bertz CT molecular complexity index is 981. The Morgan fingerprint density at radius 3 is 2.68 bits per heavy atom. The number of aromatic amines is 1. The van der Waals surface area contributed by atoms with Gasteiger partial charge < -0.3 is 20.1 Å². The number of H-pyrrole nitrogens is 1. The van der Waals surface area contributed by atoms with E-state index in [0.29, 0.717) is 24.5 Å². The monoisotopic (exact) mass is 388 g/mol. The number of hydrogen-bond donors (Lipinski definition) is 2. The first-order valence-electron chi connectivity index (χ1n) is 9.30. The van der Waals surface area contributed by atoms with Crippen LogP contribution in [0.5, 0.6) is 11.5 Å². The maximum atomic E-state index is 13.1. The van der Waals surface area contributed by atoms with Crippen molar-refractivity contribution in [2.45, 2.75) is 39.3 Å². The number of carbonyl (C=O) groups is 1. The van der Waals surface area contributed by atoms with Crippen LogP contribution in [-0.4, -0.2) is 34.7 Å². The summed E-state index contributed by atoms with van der Waals surface area (Å²) in [6.07, 6.45) is 0.639. The van der Waals surface area contributed by atoms with Crippen LogP contribution < -0.4 is 31.4 Å². The van der Waals surface area contributed by atoms with Gasteiger partial charge in [0.05, 0.1) is 0 Å². The molecular weight excluding hydrogens is 364 g/mol. The molecule has 9 heteroatoms. The second-order valence-electron chi connectivity index (χ2n) is 6.45. The van der Waals surface area contributed by atoms with Crippen LogP contribution in [0, 0.1) is 0 Å². The van der Waals surface area contributed by atoms with Crippen molar-refractivity contribution in [3.8, 4) is 11.5 Å². The molecule has 0 radical (unpaired) electrons. The fourth-order valence-electron chi connectivity index (χ4n) is 3.12. The van der Waals surface area contributed by atoms with Crippen LogP contribution in [0.1, 0.15) is 26.7 Å². The molecule has 0 aliphatic carbocycles. The molecule has 3 rings (SSSR count). The molecular formula is C19H24N4O5. The smallest absolute Gasteiger partial charge is 0.330 e. The van der Waals surface area contributed by atoms with E-state index < -0.39 is 23.3 Å². The Morgan fingerprint density at radius 2 is 2.00 bits per heavy atom. The minimum atomic E-state index is -0.926. The van der Waals surface area contributed by atoms with E-state index in [4.69, 9.17) is 15.2 Å². The topological polar surface area (TPSA) is 120 Å². The molecule has 0 bridgehead atoms. The van der Waals surface area contributed by atoms with Crippen molar-refractivity contribution in [3.05, 3.63) is 45.1 Å². The van der Waals surface area contributed by atoms with Crippen LogP contribution >= 0.6 is 0 Å². The number of para-hydroxylation sites is 2. The van der Waals surface area contributed by atoms with Gasteiger partial charge in [-0.25, -0.2) is 4.79 Å². The van der Waals surface area contributed by atoms with Gasteiger partial charge in [-0.15, -0.1) is 0 Å². The summed E-state index contributed by atoms with van der Waals surface area (Å²) < 4.78 is 12.6. The van der Waals surface area contributed by atoms with Gasteiger partial charge in [-0.1, -0.05) is 25.5 Å². The summed E-state index contributed by atoms with van der Waals surface area (Å²) in [5.41, 5.74) is 4.78. The van der Waals surface area contributed by atoms with Gasteiger partial charge in [-0.3, -0.25) is 19.1 Å². The van der Waals surface area contributed by atoms with Gasteiger partial charge in [0.15, 0.2) is 17.2 Å². The SMILES string of the molecule is CCCCn1c(N)c(N(CC)C(=O)[C@H]2COc3ccccc3O2)c(=O)[nH]c1=O. The first kappa shape index (κ1) is 19.5. The van der Waals surface area contributed by atoms with Gasteiger partial charge in [0, 0.05) is 13.1 Å². The normalized spacial score (nSPS) is 15.3. The molecule has 1 aromatic carbocycles. The molecule has 0 fully saturated rings. The predicted molar refractivity (Wildman–Crippen MR) is 105 cm³/mol. The van der Waals surface area contributed by atoms with Crippen molar-refractivity contribution in [2.24, 2.45) is 0 Å². The molecule has 2 heterocycles. The predicted octanol–water partition coefficient (Wildman–Crippen LogP) is 1.11. The number of benzene rings is 1. The third kappa shape index (κ3) is 3.60. The lowest BCUT2D eigenvalue weighted by atomic mass is 10.2. The summed E-state index contributed by atoms with van der Waals surface area (Å²) in [5, 5.41) is 0. The summed E-state index contributed by atoms with van der Waals surface area (Å²) in [4.78, 5) is 41.1. The molecule has 0 unspecified atom stereocenters. The molecule has 0 saturated heterocycles. The Balaban J connectivity index is 1.94. The van der Waals surface area contributed by atoms with E-state index in [1.54, 1.807) is 25.1 Å². The van der Waals surface area contributed by atoms with E-state index in [2.05, 4.69) is 4.98 Å². The number of nitrogens with two attached hydrogens (primary N) is 1. The van der Waals surface area contributed by atoms with E-state index in [1.165, 1.54) is 9.47 Å². The van der Waals surface area contributed by atoms with Gasteiger partial charge >= 0.3 is 5.69 Å². The molecule has 0 saturated carbocycles. The molecule has 0 spiro atoms. The zero-order valence-electron chi connectivity index (χ0n) is 15.9. The number of rotatable bonds is 6. The lowest BCUT2D eigenvalue weighted by Gasteiger charge is -2.30. The number of nitrogens with zero attached hydrogens (tertiary/aromatic N) is 2. The second kappa shape index (κ2) is 8.20. The Morgan fingerprint density at radius 1 is 1.29 bits per heavy atom. The van der Waals surface area contributed by atoms with Crippen LogP contribution in [0.4, 0.5) is 11.5 Å². The number of aromatic nitrogens is 2. The average Bonchev–Trinajstić information content (AvgIpc) is 2.70. The minimum Gasteiger partial charge on any atom is -0.485 e. The highest BCUT2D eigenvalue weighted by Gasteiger charge is 2.33. The number of unbranched alkanes of at least 4 members (excludes halogenated alkanes) is 1. The van der Waals surface area contributed by atoms with Crippen LogP contribution in [-0.2, 0) is 11.3 Å². The van der Waals surface area contributed by atoms with Crippen molar-refractivity contribution >= 4 is 17.4 Å². The molecule has 1 aliphatic heterocycles. The van der Waals surface area contributed by atoms with Crippen LogP contribution in [0.3, 0.4) is 0 Å². The summed E-state index contributed by atoms with van der Waals surface area (Å²) in [7, 11) is 0. The minimum absolute atomic E-state index is 0.0135. The third-order valence-electron chi connectivity index (χ3n) is 4.59. The fraction of sp³-hybridized carbons (Fsp3) is 0.421. The van der Waals surface area contributed by atoms with E-state index >= 15 is 0 Å². The molecule has 1 aliphatic rings. The average molecular weight is 388 g/mol. The number of hydrogen-bond acceptors (Lipinski definition) is 6. The van der Waals surface area contributed by atoms with Gasteiger partial charge in [-0.2, -0.15) is 0 Å². The fourth-order valence-corrected chi connectivity index (χ4v) is 3.12. The summed E-state index contributed by atoms with van der Waals surface area (Å²) in [6.45, 7) is 4.25. The van der Waals surface area contributed by atoms with Gasteiger partial charge in [0.2, 0.25) is 6.10 Å². The number of fused-ring (bicyclic) bond motifs is 1. The molecule has 3 N–H and O–H groups in total. The van der Waals surface area contributed by atoms with Gasteiger partial charge in [0.1, 0.15) is 12.4 Å². The maximum absolute atomic E-state index is 13.1. The Labute approximate surface area is 161 Å². The van der Waals surface area contributed by atoms with Crippen molar-refractivity contribution in [3.63, 3.8) is 0 Å². The van der Waals surface area contributed by atoms with E-state index in [1.807, 2.05) is 13.0 Å². The number of nitrogens with one attached hydrogen (secondary N) is 1. The molecule has 150 valence electrons. The van der Waals surface area contributed by atoms with Gasteiger partial charge in [-0.05, 0) is 25.5 Å². The highest BCUT2D eigenvalue weighted by Crippen LogP contribution is 2.31. The first-order chi connectivity index (χ1) is 13.5. The van der Waals surface area contributed by atoms with Crippen LogP contribution in [0.25, 0.3) is 0 Å². The molecule has 1 atom stereocenters. The Hall–Kier alpha value is -3.23.